The van der Waals surface area contributed by atoms with Gasteiger partial charge in [-0.15, -0.1) is 0 Å². The number of hydrogen-bond acceptors (Lipinski definition) is 2. The van der Waals surface area contributed by atoms with Crippen LogP contribution in [0.3, 0.4) is 0 Å². The van der Waals surface area contributed by atoms with E-state index in [2.05, 4.69) is 59.0 Å². The van der Waals surface area contributed by atoms with E-state index in [4.69, 9.17) is 9.47 Å². The van der Waals surface area contributed by atoms with Gasteiger partial charge < -0.3 is 9.47 Å². The van der Waals surface area contributed by atoms with Crippen LogP contribution in [-0.2, 0) is 9.47 Å². The third-order valence-corrected chi connectivity index (χ3v) is 5.16. The molecule has 0 aromatic rings. The lowest BCUT2D eigenvalue weighted by Crippen LogP contribution is -2.21. The van der Waals surface area contributed by atoms with Gasteiger partial charge in [0, 0.05) is 13.2 Å². The van der Waals surface area contributed by atoms with Crippen LogP contribution in [0.25, 0.3) is 0 Å². The molecule has 0 amide bonds. The van der Waals surface area contributed by atoms with E-state index in [1.807, 2.05) is 0 Å². The predicted molar refractivity (Wildman–Crippen MR) is 77.3 cm³/mol. The van der Waals surface area contributed by atoms with Crippen molar-refractivity contribution in [1.29, 1.82) is 0 Å². The van der Waals surface area contributed by atoms with E-state index in [1.54, 1.807) is 0 Å². The molecular weight excluding hydrogens is 406 g/mol. The molecule has 0 aliphatic rings. The van der Waals surface area contributed by atoms with Crippen LogP contribution in [0.15, 0.2) is 0 Å². The Hall–Kier alpha value is 1.38. The zero-order valence-electron chi connectivity index (χ0n) is 8.97. The molecule has 0 saturated heterocycles. The molecule has 86 valence electrons. The second-order valence-electron chi connectivity index (χ2n) is 3.15. The van der Waals surface area contributed by atoms with Crippen molar-refractivity contribution in [3.8, 4) is 0 Å². The highest BCUT2D eigenvalue weighted by molar-refractivity contribution is 14.1. The number of halogens is 2. The van der Waals surface area contributed by atoms with E-state index in [9.17, 15) is 0 Å². The average molecular weight is 426 g/mol. The molecule has 0 fully saturated rings. The summed E-state index contributed by atoms with van der Waals surface area (Å²) < 4.78 is 11.6. The van der Waals surface area contributed by atoms with Crippen LogP contribution in [0.2, 0.25) is 0 Å². The van der Waals surface area contributed by atoms with Crippen LogP contribution >= 0.6 is 45.2 Å². The van der Waals surface area contributed by atoms with Gasteiger partial charge in [-0.05, 0) is 58.0 Å². The Morgan fingerprint density at radius 1 is 0.857 bits per heavy atom. The first kappa shape index (κ1) is 15.4. The molecule has 14 heavy (non-hydrogen) atoms. The molecule has 0 spiro atoms. The molecule has 0 bridgehead atoms. The highest BCUT2D eigenvalue weighted by Gasteiger charge is 2.15. The summed E-state index contributed by atoms with van der Waals surface area (Å²) in [7, 11) is 0. The third-order valence-electron chi connectivity index (χ3n) is 1.76. The molecule has 0 aliphatic carbocycles. The SMILES string of the molecule is CCCCOC(I)C(I)OCCCC. The van der Waals surface area contributed by atoms with Crippen molar-refractivity contribution in [2.24, 2.45) is 0 Å². The Kier molecular flexibility index (Phi) is 12.0. The second kappa shape index (κ2) is 10.9. The summed E-state index contributed by atoms with van der Waals surface area (Å²) in [5.41, 5.74) is 0. The normalized spacial score (nSPS) is 15.4. The van der Waals surface area contributed by atoms with Crippen molar-refractivity contribution in [1.82, 2.24) is 0 Å². The van der Waals surface area contributed by atoms with Crippen molar-refractivity contribution in [2.75, 3.05) is 13.2 Å². The molecule has 2 unspecified atom stereocenters. The van der Waals surface area contributed by atoms with E-state index in [1.165, 1.54) is 12.8 Å². The number of rotatable bonds is 9. The van der Waals surface area contributed by atoms with Crippen molar-refractivity contribution in [3.63, 3.8) is 0 Å². The lowest BCUT2D eigenvalue weighted by molar-refractivity contribution is 0.0252. The molecule has 0 aromatic carbocycles. The zero-order chi connectivity index (χ0) is 10.8. The summed E-state index contributed by atoms with van der Waals surface area (Å²) in [6.07, 6.45) is 4.65. The molecule has 0 aromatic heterocycles. The first-order chi connectivity index (χ1) is 6.72. The summed E-state index contributed by atoms with van der Waals surface area (Å²) in [6.45, 7) is 6.04. The van der Waals surface area contributed by atoms with Crippen LogP contribution in [0.4, 0.5) is 0 Å². The van der Waals surface area contributed by atoms with Crippen LogP contribution in [0.5, 0.6) is 0 Å². The third kappa shape index (κ3) is 8.67. The van der Waals surface area contributed by atoms with Gasteiger partial charge in [0.2, 0.25) is 0 Å². The summed E-state index contributed by atoms with van der Waals surface area (Å²) in [5.74, 6) is 0. The quantitative estimate of drug-likeness (QED) is 0.314. The van der Waals surface area contributed by atoms with Gasteiger partial charge in [-0.25, -0.2) is 0 Å². The second-order valence-corrected chi connectivity index (χ2v) is 5.61. The Morgan fingerprint density at radius 3 is 1.50 bits per heavy atom. The monoisotopic (exact) mass is 426 g/mol. The highest BCUT2D eigenvalue weighted by atomic mass is 127. The zero-order valence-corrected chi connectivity index (χ0v) is 13.3. The summed E-state index contributed by atoms with van der Waals surface area (Å²) in [4.78, 5) is 0. The van der Waals surface area contributed by atoms with Gasteiger partial charge in [0.1, 0.15) is 8.22 Å². The Labute approximate surface area is 115 Å². The minimum atomic E-state index is 0.177. The Morgan fingerprint density at radius 2 is 1.21 bits per heavy atom. The number of hydrogen-bond donors (Lipinski definition) is 0. The fraction of sp³-hybridized carbons (Fsp3) is 1.00. The lowest BCUT2D eigenvalue weighted by atomic mass is 10.4. The van der Waals surface area contributed by atoms with Crippen molar-refractivity contribution in [2.45, 2.75) is 47.8 Å². The van der Waals surface area contributed by atoms with E-state index >= 15 is 0 Å². The molecule has 0 saturated carbocycles. The van der Waals surface area contributed by atoms with Gasteiger partial charge in [0.05, 0.1) is 0 Å². The van der Waals surface area contributed by atoms with E-state index in [0.29, 0.717) is 0 Å². The van der Waals surface area contributed by atoms with Crippen LogP contribution in [-0.4, -0.2) is 21.4 Å². The first-order valence-electron chi connectivity index (χ1n) is 5.23. The van der Waals surface area contributed by atoms with E-state index in [0.717, 1.165) is 26.1 Å². The largest absolute Gasteiger partial charge is 0.364 e. The van der Waals surface area contributed by atoms with Gasteiger partial charge in [0.25, 0.3) is 0 Å². The smallest absolute Gasteiger partial charge is 0.143 e. The van der Waals surface area contributed by atoms with Crippen LogP contribution in [0, 0.1) is 0 Å². The maximum atomic E-state index is 5.63. The Bertz CT molecular complexity index is 109. The van der Waals surface area contributed by atoms with Gasteiger partial charge in [0.15, 0.2) is 0 Å². The molecule has 0 radical (unpaired) electrons. The van der Waals surface area contributed by atoms with Crippen molar-refractivity contribution in [3.05, 3.63) is 0 Å². The predicted octanol–water partition coefficient (Wildman–Crippen LogP) is 4.14. The fourth-order valence-electron chi connectivity index (χ4n) is 0.832. The van der Waals surface area contributed by atoms with Crippen molar-refractivity contribution >= 4 is 45.2 Å². The minimum Gasteiger partial charge on any atom is -0.364 e. The number of unbranched alkanes of at least 4 members (excludes halogenated alkanes) is 2. The molecular formula is C10H20I2O2. The maximum absolute atomic E-state index is 5.63. The lowest BCUT2D eigenvalue weighted by Gasteiger charge is -2.17. The maximum Gasteiger partial charge on any atom is 0.143 e. The molecule has 2 nitrogen and oxygen atoms in total. The molecule has 0 N–H and O–H groups in total. The average Bonchev–Trinajstić information content (AvgIpc) is 2.18. The molecule has 0 heterocycles. The minimum absolute atomic E-state index is 0.177. The molecule has 0 aliphatic heterocycles. The number of ether oxygens (including phenoxy) is 2. The summed E-state index contributed by atoms with van der Waals surface area (Å²) in [5, 5.41) is 0. The summed E-state index contributed by atoms with van der Waals surface area (Å²) >= 11 is 4.61. The van der Waals surface area contributed by atoms with Crippen LogP contribution < -0.4 is 0 Å². The van der Waals surface area contributed by atoms with Gasteiger partial charge in [-0.1, -0.05) is 26.7 Å². The van der Waals surface area contributed by atoms with Gasteiger partial charge >= 0.3 is 0 Å². The fourth-order valence-corrected chi connectivity index (χ4v) is 1.76. The highest BCUT2D eigenvalue weighted by Crippen LogP contribution is 2.18. The van der Waals surface area contributed by atoms with Gasteiger partial charge in [-0.2, -0.15) is 0 Å². The Balaban J connectivity index is 3.39. The molecule has 2 atom stereocenters. The molecule has 4 heteroatoms. The molecule has 0 rings (SSSR count). The standard InChI is InChI=1S/C10H20I2O2/c1-3-5-7-13-9(11)10(12)14-8-6-4-2/h9-10H,3-8H2,1-2H3. The summed E-state index contributed by atoms with van der Waals surface area (Å²) in [6, 6.07) is 0. The van der Waals surface area contributed by atoms with Gasteiger partial charge in [-0.3, -0.25) is 0 Å². The number of alkyl halides is 2. The first-order valence-corrected chi connectivity index (χ1v) is 7.72. The van der Waals surface area contributed by atoms with E-state index in [-0.39, 0.29) is 8.22 Å². The van der Waals surface area contributed by atoms with Crippen LogP contribution in [0.1, 0.15) is 39.5 Å². The van der Waals surface area contributed by atoms with E-state index < -0.39 is 0 Å². The van der Waals surface area contributed by atoms with Crippen molar-refractivity contribution < 1.29 is 9.47 Å². The topological polar surface area (TPSA) is 18.5 Å².